The van der Waals surface area contributed by atoms with Gasteiger partial charge < -0.3 is 15.1 Å². The van der Waals surface area contributed by atoms with Crippen molar-refractivity contribution in [1.29, 1.82) is 0 Å². The number of nitrogens with zero attached hydrogens (tertiary/aromatic N) is 2. The third-order valence-electron chi connectivity index (χ3n) is 4.31. The van der Waals surface area contributed by atoms with Crippen molar-refractivity contribution in [2.75, 3.05) is 33.2 Å². The summed E-state index contributed by atoms with van der Waals surface area (Å²) in [5.41, 5.74) is 0. The van der Waals surface area contributed by atoms with Crippen LogP contribution in [0.3, 0.4) is 0 Å². The molecule has 22 heavy (non-hydrogen) atoms. The number of carbonyl (C=O) groups excluding carboxylic acids is 2. The van der Waals surface area contributed by atoms with Gasteiger partial charge in [-0.2, -0.15) is 0 Å². The predicted octanol–water partition coefficient (Wildman–Crippen LogP) is 1.81. The quantitative estimate of drug-likeness (QED) is 0.869. The van der Waals surface area contributed by atoms with Gasteiger partial charge in [0.2, 0.25) is 5.91 Å². The molecule has 0 aliphatic carbocycles. The van der Waals surface area contributed by atoms with Gasteiger partial charge >= 0.3 is 0 Å². The number of hydrogen-bond acceptors (Lipinski definition) is 4. The second-order valence-electron chi connectivity index (χ2n) is 5.65. The smallest absolute Gasteiger partial charge is 0.261 e. The van der Waals surface area contributed by atoms with E-state index >= 15 is 0 Å². The summed E-state index contributed by atoms with van der Waals surface area (Å²) in [6.45, 7) is 5.78. The van der Waals surface area contributed by atoms with Crippen molar-refractivity contribution in [3.05, 3.63) is 22.4 Å². The van der Waals surface area contributed by atoms with E-state index in [1.807, 2.05) is 23.4 Å². The number of carbonyl (C=O) groups is 2. The van der Waals surface area contributed by atoms with Gasteiger partial charge in [-0.3, -0.25) is 9.59 Å². The molecular weight excluding hydrogens is 298 g/mol. The molecular formula is C16H25N3O2S. The van der Waals surface area contributed by atoms with Crippen molar-refractivity contribution in [2.24, 2.45) is 0 Å². The minimum atomic E-state index is -0.0956. The van der Waals surface area contributed by atoms with Gasteiger partial charge in [0.15, 0.2) is 0 Å². The van der Waals surface area contributed by atoms with Crippen LogP contribution in [0.15, 0.2) is 17.5 Å². The van der Waals surface area contributed by atoms with Gasteiger partial charge in [-0.1, -0.05) is 13.0 Å². The molecule has 0 bridgehead atoms. The van der Waals surface area contributed by atoms with E-state index in [2.05, 4.69) is 17.1 Å². The van der Waals surface area contributed by atoms with Crippen molar-refractivity contribution < 1.29 is 9.59 Å². The highest BCUT2D eigenvalue weighted by Gasteiger charge is 2.24. The third kappa shape index (κ3) is 4.55. The average Bonchev–Trinajstić information content (AvgIpc) is 3.08. The Kier molecular flexibility index (Phi) is 6.39. The molecule has 1 aliphatic heterocycles. The summed E-state index contributed by atoms with van der Waals surface area (Å²) in [5, 5.41) is 4.68. The molecule has 1 aromatic rings. The number of hydrogen-bond donors (Lipinski definition) is 1. The first kappa shape index (κ1) is 17.0. The summed E-state index contributed by atoms with van der Waals surface area (Å²) in [5.74, 6) is 0.0168. The first-order chi connectivity index (χ1) is 10.6. The van der Waals surface area contributed by atoms with Gasteiger partial charge in [-0.25, -0.2) is 0 Å². The van der Waals surface area contributed by atoms with E-state index < -0.39 is 0 Å². The zero-order valence-corrected chi connectivity index (χ0v) is 14.2. The van der Waals surface area contributed by atoms with Crippen molar-refractivity contribution >= 4 is 23.2 Å². The standard InChI is InChI=1S/C16H25N3O2S/c1-3-19-10-7-13(8-11-19)18(2)15(20)6-9-17-16(21)14-5-4-12-22-14/h4-5,12-13H,3,6-11H2,1-2H3,(H,17,21). The molecule has 1 aromatic heterocycles. The Balaban J connectivity index is 1.69. The fourth-order valence-corrected chi connectivity index (χ4v) is 3.42. The Labute approximate surface area is 136 Å². The molecule has 0 radical (unpaired) electrons. The Bertz CT molecular complexity index is 482. The number of likely N-dealkylation sites (tertiary alicyclic amines) is 1. The fourth-order valence-electron chi connectivity index (χ4n) is 2.78. The van der Waals surface area contributed by atoms with E-state index in [0.29, 0.717) is 23.9 Å². The SMILES string of the molecule is CCN1CCC(N(C)C(=O)CCNC(=O)c2cccs2)CC1. The molecule has 6 heteroatoms. The highest BCUT2D eigenvalue weighted by atomic mass is 32.1. The van der Waals surface area contributed by atoms with Crippen LogP contribution in [0.25, 0.3) is 0 Å². The Morgan fingerprint density at radius 2 is 2.14 bits per heavy atom. The normalized spacial score (nSPS) is 16.5. The largest absolute Gasteiger partial charge is 0.351 e. The van der Waals surface area contributed by atoms with Crippen LogP contribution in [0.5, 0.6) is 0 Å². The van der Waals surface area contributed by atoms with Crippen LogP contribution < -0.4 is 5.32 Å². The lowest BCUT2D eigenvalue weighted by Gasteiger charge is -2.36. The van der Waals surface area contributed by atoms with Gasteiger partial charge in [0.05, 0.1) is 4.88 Å². The number of thiophene rings is 1. The van der Waals surface area contributed by atoms with Crippen LogP contribution in [-0.2, 0) is 4.79 Å². The Morgan fingerprint density at radius 3 is 2.73 bits per heavy atom. The van der Waals surface area contributed by atoms with Gasteiger partial charge in [0.25, 0.3) is 5.91 Å². The van der Waals surface area contributed by atoms with E-state index in [-0.39, 0.29) is 11.8 Å². The number of amides is 2. The molecule has 0 spiro atoms. The summed E-state index contributed by atoms with van der Waals surface area (Å²) in [4.78, 5) is 29.0. The Morgan fingerprint density at radius 1 is 1.41 bits per heavy atom. The van der Waals surface area contributed by atoms with Gasteiger partial charge in [0, 0.05) is 39.1 Å². The average molecular weight is 323 g/mol. The van der Waals surface area contributed by atoms with Crippen LogP contribution in [0, 0.1) is 0 Å². The minimum Gasteiger partial charge on any atom is -0.351 e. The van der Waals surface area contributed by atoms with Crippen LogP contribution in [0.2, 0.25) is 0 Å². The molecule has 2 amide bonds. The lowest BCUT2D eigenvalue weighted by atomic mass is 10.0. The van der Waals surface area contributed by atoms with Gasteiger partial charge in [-0.05, 0) is 30.8 Å². The second-order valence-corrected chi connectivity index (χ2v) is 6.60. The van der Waals surface area contributed by atoms with E-state index in [1.54, 1.807) is 6.07 Å². The molecule has 2 rings (SSSR count). The summed E-state index contributed by atoms with van der Waals surface area (Å²) >= 11 is 1.41. The van der Waals surface area contributed by atoms with E-state index in [4.69, 9.17) is 0 Å². The maximum atomic E-state index is 12.2. The molecule has 1 fully saturated rings. The first-order valence-electron chi connectivity index (χ1n) is 7.91. The zero-order valence-electron chi connectivity index (χ0n) is 13.4. The number of rotatable bonds is 6. The van der Waals surface area contributed by atoms with Crippen LogP contribution in [0.1, 0.15) is 35.9 Å². The van der Waals surface area contributed by atoms with Crippen molar-refractivity contribution in [2.45, 2.75) is 32.2 Å². The monoisotopic (exact) mass is 323 g/mol. The number of piperidine rings is 1. The molecule has 0 atom stereocenters. The molecule has 2 heterocycles. The molecule has 1 N–H and O–H groups in total. The molecule has 0 unspecified atom stereocenters. The maximum absolute atomic E-state index is 12.2. The van der Waals surface area contributed by atoms with E-state index in [1.165, 1.54) is 11.3 Å². The zero-order chi connectivity index (χ0) is 15.9. The minimum absolute atomic E-state index is 0.0956. The number of nitrogens with one attached hydrogen (secondary N) is 1. The lowest BCUT2D eigenvalue weighted by Crippen LogP contribution is -2.46. The summed E-state index contributed by atoms with van der Waals surface area (Å²) in [6, 6.07) is 3.97. The predicted molar refractivity (Wildman–Crippen MR) is 89.2 cm³/mol. The molecule has 1 saturated heterocycles. The van der Waals surface area contributed by atoms with Crippen LogP contribution >= 0.6 is 11.3 Å². The van der Waals surface area contributed by atoms with E-state index in [9.17, 15) is 9.59 Å². The van der Waals surface area contributed by atoms with Crippen molar-refractivity contribution in [3.8, 4) is 0 Å². The third-order valence-corrected chi connectivity index (χ3v) is 5.18. The lowest BCUT2D eigenvalue weighted by molar-refractivity contribution is -0.132. The molecule has 1 aliphatic rings. The Hall–Kier alpha value is -1.40. The molecule has 0 saturated carbocycles. The first-order valence-corrected chi connectivity index (χ1v) is 8.79. The summed E-state index contributed by atoms with van der Waals surface area (Å²) in [7, 11) is 1.88. The van der Waals surface area contributed by atoms with Crippen LogP contribution in [0.4, 0.5) is 0 Å². The fraction of sp³-hybridized carbons (Fsp3) is 0.625. The van der Waals surface area contributed by atoms with Gasteiger partial charge in [0.1, 0.15) is 0 Å². The summed E-state index contributed by atoms with van der Waals surface area (Å²) in [6.07, 6.45) is 2.44. The maximum Gasteiger partial charge on any atom is 0.261 e. The molecule has 0 aromatic carbocycles. The van der Waals surface area contributed by atoms with Gasteiger partial charge in [-0.15, -0.1) is 11.3 Å². The van der Waals surface area contributed by atoms with E-state index in [0.717, 1.165) is 32.5 Å². The van der Waals surface area contributed by atoms with Crippen molar-refractivity contribution in [1.82, 2.24) is 15.1 Å². The second kappa shape index (κ2) is 8.29. The highest BCUT2D eigenvalue weighted by Crippen LogP contribution is 2.15. The topological polar surface area (TPSA) is 52.6 Å². The molecule has 122 valence electrons. The highest BCUT2D eigenvalue weighted by molar-refractivity contribution is 7.12. The van der Waals surface area contributed by atoms with Crippen molar-refractivity contribution in [3.63, 3.8) is 0 Å². The van der Waals surface area contributed by atoms with Crippen LogP contribution in [-0.4, -0.2) is 60.9 Å². The molecule has 5 nitrogen and oxygen atoms in total. The summed E-state index contributed by atoms with van der Waals surface area (Å²) < 4.78 is 0.